The number of alkyl halides is 14. The molecule has 0 heterocycles. The molecule has 0 aliphatic carbocycles. The summed E-state index contributed by atoms with van der Waals surface area (Å²) < 4.78 is 214. The van der Waals surface area contributed by atoms with Gasteiger partial charge in [0.05, 0.1) is 0 Å². The van der Waals surface area contributed by atoms with E-state index in [1.54, 1.807) is 4.74 Å². The molecule has 1 atom stereocenters. The van der Waals surface area contributed by atoms with Gasteiger partial charge in [0.1, 0.15) is 6.42 Å². The van der Waals surface area contributed by atoms with E-state index < -0.39 is 61.0 Å². The van der Waals surface area contributed by atoms with Crippen molar-refractivity contribution in [1.29, 1.82) is 0 Å². The molecule has 0 saturated heterocycles. The minimum atomic E-state index is -7.64. The Morgan fingerprint density at radius 1 is 0.561 bits per heavy atom. The first-order valence-corrected chi connectivity index (χ1v) is 6.79. The molecule has 0 aromatic carbocycles. The predicted molar refractivity (Wildman–Crippen MR) is 115 cm³/mol. The Morgan fingerprint density at radius 3 is 1.15 bits per heavy atom. The molecule has 0 aliphatic rings. The fourth-order valence-electron chi connectivity index (χ4n) is 1.32. The molecule has 22 heteroatoms. The average Bonchev–Trinajstić information content (AvgIpc) is 2.50. The van der Waals surface area contributed by atoms with Gasteiger partial charge in [0.15, 0.2) is 5.76 Å². The van der Waals surface area contributed by atoms with E-state index in [0.29, 0.717) is 0 Å². The minimum absolute atomic E-state index is 0. The summed E-state index contributed by atoms with van der Waals surface area (Å²) in [5.41, 5.74) is 0. The minimum Gasteiger partial charge on any atom is -0.507 e. The van der Waals surface area contributed by atoms with Crippen molar-refractivity contribution < 1.29 is 94.3 Å². The van der Waals surface area contributed by atoms with Crippen LogP contribution in [0.1, 0.15) is 65.8 Å². The van der Waals surface area contributed by atoms with Crippen molar-refractivity contribution >= 4 is 0 Å². The number of hydrogen-bond acceptors (Lipinski definition) is 5. The fourth-order valence-corrected chi connectivity index (χ4v) is 1.32. The molecule has 0 rings (SSSR count). The third-order valence-corrected chi connectivity index (χ3v) is 2.70. The average molecular weight is 917 g/mol. The van der Waals surface area contributed by atoms with Gasteiger partial charge in [-0.3, -0.25) is 9.47 Å². The second-order valence-electron chi connectivity index (χ2n) is 5.14. The Bertz CT molecular complexity index is 701. The second kappa shape index (κ2) is 19.4. The number of aliphatic hydroxyl groups is 1. The van der Waals surface area contributed by atoms with Crippen LogP contribution in [0.15, 0.2) is 11.8 Å². The van der Waals surface area contributed by atoms with Gasteiger partial charge in [0.2, 0.25) is 0 Å². The van der Waals surface area contributed by atoms with Crippen LogP contribution in [0.2, 0.25) is 0 Å². The Balaban J connectivity index is -0.000000133. The zero-order chi connectivity index (χ0) is 26.2. The van der Waals surface area contributed by atoms with Gasteiger partial charge in [-0.25, -0.2) is 9.47 Å². The van der Waals surface area contributed by atoms with E-state index in [1.807, 2.05) is 9.47 Å². The molecule has 0 amide bonds. The molecule has 0 aliphatic heterocycles. The summed E-state index contributed by atoms with van der Waals surface area (Å²) in [5, 5.41) is 8.32. The normalized spacial score (nSPS) is 13.0. The van der Waals surface area contributed by atoms with E-state index in [-0.39, 0.29) is 66.5 Å². The van der Waals surface area contributed by atoms with Crippen LogP contribution >= 0.6 is 0 Å². The van der Waals surface area contributed by atoms with Crippen LogP contribution in [0.25, 0.3) is 0 Å². The van der Waals surface area contributed by atoms with Gasteiger partial charge in [-0.1, -0.05) is 59.4 Å². The van der Waals surface area contributed by atoms with Gasteiger partial charge in [-0.15, -0.1) is 8.78 Å². The standard InChI is InChI=1S/C11H6F16O5.8CH4.Rf/c1-29-11(26,27)32-10(24,25)9(22,23)31-8(20,21)6(16,7(17,18)19)30-5(14,15)2-3(28)4(12)13;;;;;;;;;/h28H,2H2,1H3;8*1H4;. The number of aliphatic hydroxyl groups excluding tert-OH is 1. The molecule has 0 aromatic rings. The Morgan fingerprint density at radius 2 is 0.878 bits per heavy atom. The zero-order valence-corrected chi connectivity index (χ0v) is 21.4. The van der Waals surface area contributed by atoms with E-state index in [2.05, 4.69) is 4.74 Å². The summed E-state index contributed by atoms with van der Waals surface area (Å²) >= 11 is 0. The molecule has 258 valence electrons. The number of halogens is 16. The van der Waals surface area contributed by atoms with Crippen molar-refractivity contribution in [3.05, 3.63) is 11.8 Å². The van der Waals surface area contributed by atoms with Gasteiger partial charge in [-0.05, 0) is 0 Å². The van der Waals surface area contributed by atoms with E-state index in [1.165, 1.54) is 0 Å². The first-order valence-electron chi connectivity index (χ1n) is 6.79. The van der Waals surface area contributed by atoms with Crippen LogP contribution in [0.4, 0.5) is 70.2 Å². The summed E-state index contributed by atoms with van der Waals surface area (Å²) in [6, 6.07) is 0. The molecule has 1 unspecified atom stereocenters. The van der Waals surface area contributed by atoms with E-state index in [4.69, 9.17) is 5.11 Å². The van der Waals surface area contributed by atoms with Crippen LogP contribution in [0.3, 0.4) is 0 Å². The van der Waals surface area contributed by atoms with Crippen LogP contribution in [-0.2, 0) is 18.9 Å². The third-order valence-electron chi connectivity index (χ3n) is 2.70. The SMILES string of the molecule is C.C.C.C.C.C.C.C.COC(F)(F)OC(F)(F)C(F)(F)OC(F)(F)C(F)(OC(F)(F)CC(O)=C(F)F)C(F)(F)F.[Rf]. The van der Waals surface area contributed by atoms with Crippen molar-refractivity contribution in [2.75, 3.05) is 7.11 Å². The Kier molecular flexibility index (Phi) is 31.5. The molecule has 41 heavy (non-hydrogen) atoms. The van der Waals surface area contributed by atoms with Crippen LogP contribution in [0.5, 0.6) is 0 Å². The van der Waals surface area contributed by atoms with E-state index in [9.17, 15) is 70.2 Å². The number of hydrogen-bond donors (Lipinski definition) is 1. The van der Waals surface area contributed by atoms with Crippen molar-refractivity contribution in [3.63, 3.8) is 0 Å². The Hall–Kier alpha value is -2.74. The van der Waals surface area contributed by atoms with Gasteiger partial charge >= 0.3 is 48.8 Å². The van der Waals surface area contributed by atoms with Crippen molar-refractivity contribution in [3.8, 4) is 0 Å². The molecular formula is C19H38F16O5Rf. The maximum absolute atomic E-state index is 13.8. The summed E-state index contributed by atoms with van der Waals surface area (Å²) in [6.45, 7) is 0. The van der Waals surface area contributed by atoms with Gasteiger partial charge in [0, 0.05) is 7.11 Å². The van der Waals surface area contributed by atoms with Crippen LogP contribution in [-0.4, -0.2) is 55.0 Å². The van der Waals surface area contributed by atoms with Crippen molar-refractivity contribution in [2.24, 2.45) is 0 Å². The quantitative estimate of drug-likeness (QED) is 0.127. The number of methoxy groups -OCH3 is 1. The molecule has 0 radical (unpaired) electrons. The molecule has 0 spiro atoms. The molecule has 1 N–H and O–H groups in total. The fraction of sp³-hybridized carbons (Fsp3) is 0.895. The Labute approximate surface area is 223 Å². The maximum Gasteiger partial charge on any atom is 0.490 e. The number of ether oxygens (including phenoxy) is 4. The van der Waals surface area contributed by atoms with Crippen molar-refractivity contribution in [1.82, 2.24) is 0 Å². The maximum atomic E-state index is 13.8. The molecule has 0 aromatic heterocycles. The van der Waals surface area contributed by atoms with Gasteiger partial charge < -0.3 is 5.11 Å². The van der Waals surface area contributed by atoms with E-state index >= 15 is 0 Å². The molecular weight excluding hydrogens is 879 g/mol. The molecule has 0 saturated carbocycles. The second-order valence-corrected chi connectivity index (χ2v) is 5.14. The largest absolute Gasteiger partial charge is 0.507 e. The zero-order valence-electron chi connectivity index (χ0n) is 15.0. The van der Waals surface area contributed by atoms with Crippen LogP contribution in [0, 0.1) is 0 Å². The first kappa shape index (κ1) is 66.5. The van der Waals surface area contributed by atoms with Crippen molar-refractivity contribution in [2.45, 2.75) is 109 Å². The topological polar surface area (TPSA) is 57.2 Å². The molecule has 5 nitrogen and oxygen atoms in total. The monoisotopic (exact) mass is 917 g/mol. The smallest absolute Gasteiger partial charge is 0.490 e. The summed E-state index contributed by atoms with van der Waals surface area (Å²) in [7, 11) is -0.181. The summed E-state index contributed by atoms with van der Waals surface area (Å²) in [4.78, 5) is 0. The van der Waals surface area contributed by atoms with Crippen LogP contribution < -0.4 is 0 Å². The van der Waals surface area contributed by atoms with Gasteiger partial charge in [0.25, 0.3) is 0 Å². The molecule has 0 fully saturated rings. The summed E-state index contributed by atoms with van der Waals surface area (Å²) in [6.07, 6.45) is -48.2. The summed E-state index contributed by atoms with van der Waals surface area (Å²) in [5.74, 6) is -10.4. The van der Waals surface area contributed by atoms with E-state index in [0.717, 1.165) is 0 Å². The number of rotatable bonds is 11. The molecule has 0 bridgehead atoms. The predicted octanol–water partition coefficient (Wildman–Crippen LogP) is 11.0. The third kappa shape index (κ3) is 15.7. The van der Waals surface area contributed by atoms with Gasteiger partial charge in [-0.2, -0.15) is 61.5 Å². The first-order chi connectivity index (χ1) is 13.8.